The molecule has 0 aliphatic heterocycles. The zero-order valence-corrected chi connectivity index (χ0v) is 15.8. The van der Waals surface area contributed by atoms with Gasteiger partial charge in [0.25, 0.3) is 0 Å². The molecule has 2 amide bonds. The van der Waals surface area contributed by atoms with Crippen LogP contribution < -0.4 is 10.6 Å². The van der Waals surface area contributed by atoms with Crippen molar-refractivity contribution < 1.29 is 9.90 Å². The van der Waals surface area contributed by atoms with Crippen LogP contribution in [-0.2, 0) is 6.54 Å². The topological polar surface area (TPSA) is 79.2 Å². The molecule has 0 spiro atoms. The molecular formula is C18H34N4O2. The van der Waals surface area contributed by atoms with E-state index in [0.717, 1.165) is 30.8 Å². The number of aromatic nitrogens is 2. The van der Waals surface area contributed by atoms with Crippen molar-refractivity contribution in [3.63, 3.8) is 0 Å². The third-order valence-electron chi connectivity index (χ3n) is 4.09. The van der Waals surface area contributed by atoms with E-state index in [2.05, 4.69) is 42.6 Å². The van der Waals surface area contributed by atoms with Gasteiger partial charge in [-0.1, -0.05) is 20.8 Å². The fourth-order valence-electron chi connectivity index (χ4n) is 2.94. The Morgan fingerprint density at radius 2 is 1.92 bits per heavy atom. The van der Waals surface area contributed by atoms with Crippen molar-refractivity contribution in [2.75, 3.05) is 19.7 Å². The van der Waals surface area contributed by atoms with Crippen LogP contribution >= 0.6 is 0 Å². The third kappa shape index (κ3) is 7.81. The fraction of sp³-hybridized carbons (Fsp3) is 0.778. The summed E-state index contributed by atoms with van der Waals surface area (Å²) in [6.45, 7) is 12.6. The Hall–Kier alpha value is -1.56. The van der Waals surface area contributed by atoms with E-state index in [1.807, 2.05) is 18.5 Å². The zero-order chi connectivity index (χ0) is 18.1. The number of aliphatic hydroxyl groups is 1. The van der Waals surface area contributed by atoms with E-state index in [0.29, 0.717) is 30.8 Å². The first-order chi connectivity index (χ1) is 11.3. The van der Waals surface area contributed by atoms with Crippen LogP contribution in [0.4, 0.5) is 4.79 Å². The number of carbonyl (C=O) groups excluding carboxylic acids is 1. The number of nitrogens with one attached hydrogen (secondary N) is 2. The SMILES string of the molecule is Cc1cc(C)n(C[C@H](C)CNC(=O)NC[C@H](CCO)CC(C)C)n1. The summed E-state index contributed by atoms with van der Waals surface area (Å²) < 4.78 is 1.99. The molecule has 0 saturated carbocycles. The number of nitrogens with zero attached hydrogens (tertiary/aromatic N) is 2. The Balaban J connectivity index is 2.30. The van der Waals surface area contributed by atoms with Crippen molar-refractivity contribution in [2.24, 2.45) is 17.8 Å². The maximum Gasteiger partial charge on any atom is 0.314 e. The predicted octanol–water partition coefficient (Wildman–Crippen LogP) is 2.48. The Labute approximate surface area is 146 Å². The number of rotatable bonds is 10. The highest BCUT2D eigenvalue weighted by molar-refractivity contribution is 5.73. The van der Waals surface area contributed by atoms with Gasteiger partial charge in [-0.25, -0.2) is 4.79 Å². The minimum atomic E-state index is -0.137. The van der Waals surface area contributed by atoms with E-state index in [-0.39, 0.29) is 12.6 Å². The van der Waals surface area contributed by atoms with E-state index >= 15 is 0 Å². The quantitative estimate of drug-likeness (QED) is 0.613. The van der Waals surface area contributed by atoms with Gasteiger partial charge in [0.2, 0.25) is 0 Å². The van der Waals surface area contributed by atoms with Crippen LogP contribution in [-0.4, -0.2) is 40.6 Å². The summed E-state index contributed by atoms with van der Waals surface area (Å²) in [5.74, 6) is 1.19. The van der Waals surface area contributed by atoms with Crippen LogP contribution in [0, 0.1) is 31.6 Å². The molecule has 0 bridgehead atoms. The van der Waals surface area contributed by atoms with Gasteiger partial charge >= 0.3 is 6.03 Å². The summed E-state index contributed by atoms with van der Waals surface area (Å²) in [5.41, 5.74) is 2.16. The van der Waals surface area contributed by atoms with Gasteiger partial charge in [-0.15, -0.1) is 0 Å². The summed E-state index contributed by atoms with van der Waals surface area (Å²) in [6, 6.07) is 1.92. The lowest BCUT2D eigenvalue weighted by Gasteiger charge is -2.19. The van der Waals surface area contributed by atoms with Crippen molar-refractivity contribution in [1.82, 2.24) is 20.4 Å². The maximum absolute atomic E-state index is 12.0. The van der Waals surface area contributed by atoms with Crippen LogP contribution in [0.2, 0.25) is 0 Å². The molecule has 6 nitrogen and oxygen atoms in total. The maximum atomic E-state index is 12.0. The molecule has 6 heteroatoms. The minimum Gasteiger partial charge on any atom is -0.396 e. The van der Waals surface area contributed by atoms with Crippen molar-refractivity contribution in [3.05, 3.63) is 17.5 Å². The first kappa shape index (κ1) is 20.5. The minimum absolute atomic E-state index is 0.137. The lowest BCUT2D eigenvalue weighted by Crippen LogP contribution is -2.41. The van der Waals surface area contributed by atoms with Crippen LogP contribution in [0.5, 0.6) is 0 Å². The molecular weight excluding hydrogens is 304 g/mol. The van der Waals surface area contributed by atoms with Crippen molar-refractivity contribution in [3.8, 4) is 0 Å². The molecule has 1 aromatic heterocycles. The Bertz CT molecular complexity index is 499. The molecule has 0 aliphatic carbocycles. The number of hydrogen-bond donors (Lipinski definition) is 3. The summed E-state index contributed by atoms with van der Waals surface area (Å²) >= 11 is 0. The fourth-order valence-corrected chi connectivity index (χ4v) is 2.94. The molecule has 1 rings (SSSR count). The Morgan fingerprint density at radius 3 is 2.46 bits per heavy atom. The molecule has 24 heavy (non-hydrogen) atoms. The second kappa shape index (κ2) is 10.3. The van der Waals surface area contributed by atoms with E-state index in [1.54, 1.807) is 0 Å². The summed E-state index contributed by atoms with van der Waals surface area (Å²) in [4.78, 5) is 12.0. The standard InChI is InChI=1S/C18H34N4O2/c1-13(2)8-17(6-7-23)11-20-18(24)19-10-14(3)12-22-16(5)9-15(4)21-22/h9,13-14,17,23H,6-8,10-12H2,1-5H3,(H2,19,20,24)/t14-,17-/m1/s1. The van der Waals surface area contributed by atoms with Crippen LogP contribution in [0.3, 0.4) is 0 Å². The molecule has 0 radical (unpaired) electrons. The molecule has 138 valence electrons. The average Bonchev–Trinajstić information content (AvgIpc) is 2.80. The lowest BCUT2D eigenvalue weighted by molar-refractivity contribution is 0.223. The van der Waals surface area contributed by atoms with Crippen molar-refractivity contribution >= 4 is 6.03 Å². The Kier molecular flexibility index (Phi) is 8.82. The predicted molar refractivity (Wildman–Crippen MR) is 96.9 cm³/mol. The molecule has 1 aromatic rings. The zero-order valence-electron chi connectivity index (χ0n) is 15.8. The molecule has 0 unspecified atom stereocenters. The van der Waals surface area contributed by atoms with E-state index in [4.69, 9.17) is 5.11 Å². The van der Waals surface area contributed by atoms with Gasteiger partial charge in [0, 0.05) is 31.9 Å². The first-order valence-corrected chi connectivity index (χ1v) is 8.95. The lowest BCUT2D eigenvalue weighted by atomic mass is 9.94. The number of aryl methyl sites for hydroxylation is 2. The van der Waals surface area contributed by atoms with E-state index in [9.17, 15) is 4.79 Å². The Morgan fingerprint density at radius 1 is 1.25 bits per heavy atom. The monoisotopic (exact) mass is 338 g/mol. The highest BCUT2D eigenvalue weighted by Gasteiger charge is 2.13. The molecule has 2 atom stereocenters. The van der Waals surface area contributed by atoms with Gasteiger partial charge in [0.1, 0.15) is 0 Å². The van der Waals surface area contributed by atoms with Crippen molar-refractivity contribution in [1.29, 1.82) is 0 Å². The van der Waals surface area contributed by atoms with Crippen LogP contribution in [0.1, 0.15) is 45.0 Å². The molecule has 0 aromatic carbocycles. The second-order valence-corrected chi connectivity index (χ2v) is 7.31. The average molecular weight is 338 g/mol. The van der Waals surface area contributed by atoms with E-state index < -0.39 is 0 Å². The number of amides is 2. The molecule has 3 N–H and O–H groups in total. The van der Waals surface area contributed by atoms with Crippen LogP contribution in [0.15, 0.2) is 6.07 Å². The number of urea groups is 1. The van der Waals surface area contributed by atoms with Gasteiger partial charge < -0.3 is 15.7 Å². The molecule has 1 heterocycles. The first-order valence-electron chi connectivity index (χ1n) is 8.95. The molecule has 0 saturated heterocycles. The second-order valence-electron chi connectivity index (χ2n) is 7.31. The van der Waals surface area contributed by atoms with Crippen LogP contribution in [0.25, 0.3) is 0 Å². The number of hydrogen-bond acceptors (Lipinski definition) is 3. The number of carbonyl (C=O) groups is 1. The van der Waals surface area contributed by atoms with Gasteiger partial charge in [0.15, 0.2) is 0 Å². The summed E-state index contributed by atoms with van der Waals surface area (Å²) in [5, 5.41) is 19.4. The van der Waals surface area contributed by atoms with Gasteiger partial charge in [0.05, 0.1) is 5.69 Å². The van der Waals surface area contributed by atoms with Gasteiger partial charge in [-0.3, -0.25) is 4.68 Å². The third-order valence-corrected chi connectivity index (χ3v) is 4.09. The van der Waals surface area contributed by atoms with E-state index in [1.165, 1.54) is 0 Å². The van der Waals surface area contributed by atoms with Gasteiger partial charge in [-0.05, 0) is 50.5 Å². The molecule has 0 fully saturated rings. The largest absolute Gasteiger partial charge is 0.396 e. The van der Waals surface area contributed by atoms with Crippen molar-refractivity contribution in [2.45, 2.75) is 54.0 Å². The highest BCUT2D eigenvalue weighted by Crippen LogP contribution is 2.14. The van der Waals surface area contributed by atoms with Gasteiger partial charge in [-0.2, -0.15) is 5.10 Å². The summed E-state index contributed by atoms with van der Waals surface area (Å²) in [7, 11) is 0. The number of aliphatic hydroxyl groups excluding tert-OH is 1. The normalized spacial score (nSPS) is 13.8. The summed E-state index contributed by atoms with van der Waals surface area (Å²) in [6.07, 6.45) is 1.74. The molecule has 0 aliphatic rings. The highest BCUT2D eigenvalue weighted by atomic mass is 16.3. The smallest absolute Gasteiger partial charge is 0.314 e.